The number of nitrogens with zero attached hydrogens (tertiary/aromatic N) is 2. The highest BCUT2D eigenvalue weighted by Gasteiger charge is 2.49. The molecule has 10 heteroatoms. The summed E-state index contributed by atoms with van der Waals surface area (Å²) in [5, 5.41) is 1.98. The average Bonchev–Trinajstić information content (AvgIpc) is 2.93. The van der Waals surface area contributed by atoms with Crippen LogP contribution in [0.4, 0.5) is 22.8 Å². The first-order chi connectivity index (χ1) is 12.8. The van der Waals surface area contributed by atoms with Gasteiger partial charge in [-0.3, -0.25) is 0 Å². The van der Waals surface area contributed by atoms with Crippen LogP contribution in [-0.2, 0) is 11.3 Å². The molecule has 2 heterocycles. The number of amides is 3. The molecule has 0 saturated carbocycles. The van der Waals surface area contributed by atoms with Crippen LogP contribution >= 0.6 is 15.9 Å². The Bertz CT molecular complexity index is 795. The first-order valence-corrected chi connectivity index (χ1v) is 9.54. The zero-order valence-electron chi connectivity index (χ0n) is 15.6. The van der Waals surface area contributed by atoms with Crippen LogP contribution in [0, 0.1) is 0 Å². The highest BCUT2D eigenvalue weighted by molar-refractivity contribution is 9.10. The van der Waals surface area contributed by atoms with E-state index in [1.807, 2.05) is 5.32 Å². The molecule has 1 unspecified atom stereocenters. The summed E-state index contributed by atoms with van der Waals surface area (Å²) in [6, 6.07) is 1.91. The minimum atomic E-state index is -4.54. The number of nitrogens with one attached hydrogen (secondary N) is 1. The molecule has 6 nitrogen and oxygen atoms in total. The van der Waals surface area contributed by atoms with Crippen molar-refractivity contribution in [3.8, 4) is 0 Å². The van der Waals surface area contributed by atoms with E-state index in [1.165, 1.54) is 4.90 Å². The van der Waals surface area contributed by atoms with Crippen molar-refractivity contribution < 1.29 is 27.5 Å². The predicted octanol–water partition coefficient (Wildman–Crippen LogP) is 4.20. The average molecular weight is 464 g/mol. The lowest BCUT2D eigenvalue weighted by molar-refractivity contribution is -0.150. The van der Waals surface area contributed by atoms with Crippen LogP contribution in [0.3, 0.4) is 0 Å². The Morgan fingerprint density at radius 1 is 1.25 bits per heavy atom. The molecular formula is C18H21BrF3N3O3. The van der Waals surface area contributed by atoms with Gasteiger partial charge in [-0.25, -0.2) is 9.59 Å². The van der Waals surface area contributed by atoms with Crippen LogP contribution in [0.5, 0.6) is 0 Å². The van der Waals surface area contributed by atoms with Crippen molar-refractivity contribution in [1.29, 1.82) is 0 Å². The van der Waals surface area contributed by atoms with E-state index < -0.39 is 42.5 Å². The predicted molar refractivity (Wildman–Crippen MR) is 98.6 cm³/mol. The summed E-state index contributed by atoms with van der Waals surface area (Å²) in [6.07, 6.45) is -5.11. The van der Waals surface area contributed by atoms with E-state index in [2.05, 4.69) is 15.9 Å². The maximum atomic E-state index is 13.1. The Morgan fingerprint density at radius 2 is 1.93 bits per heavy atom. The second-order valence-electron chi connectivity index (χ2n) is 7.92. The molecule has 1 N–H and O–H groups in total. The number of halogens is 4. The van der Waals surface area contributed by atoms with Gasteiger partial charge in [0.2, 0.25) is 0 Å². The summed E-state index contributed by atoms with van der Waals surface area (Å²) in [7, 11) is 0. The van der Waals surface area contributed by atoms with Gasteiger partial charge in [0.1, 0.15) is 11.6 Å². The van der Waals surface area contributed by atoms with Gasteiger partial charge >= 0.3 is 18.3 Å². The van der Waals surface area contributed by atoms with Crippen LogP contribution in [0.25, 0.3) is 0 Å². The minimum Gasteiger partial charge on any atom is -0.444 e. The van der Waals surface area contributed by atoms with E-state index in [4.69, 9.17) is 4.74 Å². The molecule has 0 bridgehead atoms. The lowest BCUT2D eigenvalue weighted by atomic mass is 9.94. The standard InChI is InChI=1S/C18H21BrF3N3O3/c1-17(2,3)28-16(27)24-7-10-6-11(19)4-5-12(10)13(8-24)25-9-14(18(20,21)22)23-15(25)26/h4-6,13-14H,7-9H2,1-3H3,(H,23,26)/t13?,14-/m0/s1. The summed E-state index contributed by atoms with van der Waals surface area (Å²) in [4.78, 5) is 27.4. The summed E-state index contributed by atoms with van der Waals surface area (Å²) in [5.74, 6) is 0. The first-order valence-electron chi connectivity index (χ1n) is 8.75. The molecule has 28 heavy (non-hydrogen) atoms. The van der Waals surface area contributed by atoms with E-state index in [-0.39, 0.29) is 13.1 Å². The van der Waals surface area contributed by atoms with Crippen molar-refractivity contribution in [2.45, 2.75) is 51.2 Å². The summed E-state index contributed by atoms with van der Waals surface area (Å²) < 4.78 is 45.4. The topological polar surface area (TPSA) is 61.9 Å². The number of hydrogen-bond acceptors (Lipinski definition) is 3. The van der Waals surface area contributed by atoms with Crippen molar-refractivity contribution in [3.63, 3.8) is 0 Å². The van der Waals surface area contributed by atoms with Gasteiger partial charge < -0.3 is 19.9 Å². The molecular weight excluding hydrogens is 443 g/mol. The number of benzene rings is 1. The maximum Gasteiger partial charge on any atom is 0.410 e. The molecule has 2 aliphatic rings. The molecule has 3 rings (SSSR count). The third kappa shape index (κ3) is 4.37. The summed E-state index contributed by atoms with van der Waals surface area (Å²) in [5.41, 5.74) is 0.761. The van der Waals surface area contributed by atoms with Crippen LogP contribution in [-0.4, -0.2) is 52.8 Å². The highest BCUT2D eigenvalue weighted by Crippen LogP contribution is 2.36. The number of ether oxygens (including phenoxy) is 1. The van der Waals surface area contributed by atoms with Crippen molar-refractivity contribution in [3.05, 3.63) is 33.8 Å². The molecule has 1 saturated heterocycles. The molecule has 0 radical (unpaired) electrons. The Labute approximate surface area is 169 Å². The van der Waals surface area contributed by atoms with Crippen molar-refractivity contribution in [2.75, 3.05) is 13.1 Å². The molecule has 1 aromatic carbocycles. The Morgan fingerprint density at radius 3 is 2.50 bits per heavy atom. The fourth-order valence-electron chi connectivity index (χ4n) is 3.36. The van der Waals surface area contributed by atoms with Crippen LogP contribution in [0.15, 0.2) is 22.7 Å². The molecule has 0 aromatic heterocycles. The molecule has 1 aromatic rings. The second kappa shape index (κ2) is 7.13. The fourth-order valence-corrected chi connectivity index (χ4v) is 3.77. The highest BCUT2D eigenvalue weighted by atomic mass is 79.9. The molecule has 3 amide bonds. The van der Waals surface area contributed by atoms with Gasteiger partial charge in [-0.05, 0) is 44.0 Å². The number of hydrogen-bond donors (Lipinski definition) is 1. The van der Waals surface area contributed by atoms with E-state index in [0.717, 1.165) is 20.5 Å². The SMILES string of the molecule is CC(C)(C)OC(=O)N1Cc2cc(Br)ccc2C(N2C[C@@H](C(F)(F)F)NC2=O)C1. The summed E-state index contributed by atoms with van der Waals surface area (Å²) in [6.45, 7) is 5.00. The van der Waals surface area contributed by atoms with Gasteiger partial charge in [-0.1, -0.05) is 22.0 Å². The third-order valence-electron chi connectivity index (χ3n) is 4.58. The number of urea groups is 1. The summed E-state index contributed by atoms with van der Waals surface area (Å²) >= 11 is 3.37. The largest absolute Gasteiger partial charge is 0.444 e. The van der Waals surface area contributed by atoms with Gasteiger partial charge in [0, 0.05) is 17.6 Å². The van der Waals surface area contributed by atoms with E-state index in [0.29, 0.717) is 0 Å². The van der Waals surface area contributed by atoms with Gasteiger partial charge in [0.05, 0.1) is 12.6 Å². The number of fused-ring (bicyclic) bond motifs is 1. The van der Waals surface area contributed by atoms with Gasteiger partial charge in [-0.2, -0.15) is 13.2 Å². The second-order valence-corrected chi connectivity index (χ2v) is 8.83. The number of alkyl halides is 3. The van der Waals surface area contributed by atoms with Crippen molar-refractivity contribution >= 4 is 28.1 Å². The zero-order chi connectivity index (χ0) is 20.9. The molecule has 0 spiro atoms. The number of rotatable bonds is 1. The smallest absolute Gasteiger partial charge is 0.410 e. The van der Waals surface area contributed by atoms with E-state index in [9.17, 15) is 22.8 Å². The van der Waals surface area contributed by atoms with E-state index in [1.54, 1.807) is 39.0 Å². The fraction of sp³-hybridized carbons (Fsp3) is 0.556. The minimum absolute atomic E-state index is 0.0571. The third-order valence-corrected chi connectivity index (χ3v) is 5.07. The van der Waals surface area contributed by atoms with Crippen LogP contribution < -0.4 is 5.32 Å². The monoisotopic (exact) mass is 463 g/mol. The van der Waals surface area contributed by atoms with Crippen molar-refractivity contribution in [1.82, 2.24) is 15.1 Å². The molecule has 0 aliphatic carbocycles. The molecule has 2 atom stereocenters. The number of carbonyl (C=O) groups is 2. The lowest BCUT2D eigenvalue weighted by Gasteiger charge is -2.39. The van der Waals surface area contributed by atoms with Crippen LogP contribution in [0.1, 0.15) is 37.9 Å². The molecule has 1 fully saturated rings. The zero-order valence-corrected chi connectivity index (χ0v) is 17.2. The normalized spacial score (nSPS) is 22.8. The number of carbonyl (C=O) groups excluding carboxylic acids is 2. The van der Waals surface area contributed by atoms with Gasteiger partial charge in [0.25, 0.3) is 0 Å². The van der Waals surface area contributed by atoms with E-state index >= 15 is 0 Å². The molecule has 154 valence electrons. The Balaban J connectivity index is 1.91. The first kappa shape index (κ1) is 20.8. The lowest BCUT2D eigenvalue weighted by Crippen LogP contribution is -2.47. The van der Waals surface area contributed by atoms with Gasteiger partial charge in [-0.15, -0.1) is 0 Å². The van der Waals surface area contributed by atoms with Crippen molar-refractivity contribution in [2.24, 2.45) is 0 Å². The van der Waals surface area contributed by atoms with Gasteiger partial charge in [0.15, 0.2) is 0 Å². The Hall–Kier alpha value is -1.97. The Kier molecular flexibility index (Phi) is 5.28. The van der Waals surface area contributed by atoms with Crippen LogP contribution in [0.2, 0.25) is 0 Å². The molecule has 2 aliphatic heterocycles. The maximum absolute atomic E-state index is 13.1. The quantitative estimate of drug-likeness (QED) is 0.678.